The van der Waals surface area contributed by atoms with Crippen LogP contribution in [0, 0.1) is 5.41 Å². The molecule has 1 aromatic rings. The van der Waals surface area contributed by atoms with Gasteiger partial charge in [-0.3, -0.25) is 9.69 Å². The van der Waals surface area contributed by atoms with Crippen molar-refractivity contribution in [1.82, 2.24) is 4.90 Å². The second kappa shape index (κ2) is 5.06. The Labute approximate surface area is 188 Å². The first kappa shape index (κ1) is 18.4. The van der Waals surface area contributed by atoms with E-state index in [2.05, 4.69) is 0 Å². The number of rotatable bonds is 0. The summed E-state index contributed by atoms with van der Waals surface area (Å²) < 4.78 is 22.5. The summed E-state index contributed by atoms with van der Waals surface area (Å²) in [5, 5.41) is 12.3. The largest absolute Gasteiger partial charge is 0.454 e. The molecule has 3 aliphatic carbocycles. The summed E-state index contributed by atoms with van der Waals surface area (Å²) in [6, 6.07) is 3.32. The summed E-state index contributed by atoms with van der Waals surface area (Å²) in [5.41, 5.74) is -3.86. The molecule has 9 rings (SSSR count). The zero-order valence-electron chi connectivity index (χ0n) is 18.0. The molecule has 3 saturated carbocycles. The summed E-state index contributed by atoms with van der Waals surface area (Å²) >= 11 is 0. The number of methoxy groups -OCH3 is 1. The van der Waals surface area contributed by atoms with Gasteiger partial charge < -0.3 is 29.0 Å². The lowest BCUT2D eigenvalue weighted by molar-refractivity contribution is -0.261. The Bertz CT molecular complexity index is 1220. The van der Waals surface area contributed by atoms with Gasteiger partial charge in [0.05, 0.1) is 24.3 Å². The van der Waals surface area contributed by atoms with Gasteiger partial charge in [-0.2, -0.15) is 0 Å². The lowest BCUT2D eigenvalue weighted by Crippen LogP contribution is -2.89. The molecular formula is C23H22N2O8. The van der Waals surface area contributed by atoms with E-state index in [0.29, 0.717) is 42.1 Å². The van der Waals surface area contributed by atoms with Crippen molar-refractivity contribution in [3.63, 3.8) is 0 Å². The highest BCUT2D eigenvalue weighted by molar-refractivity contribution is 6.06. The van der Waals surface area contributed by atoms with Crippen molar-refractivity contribution in [2.24, 2.45) is 5.41 Å². The van der Waals surface area contributed by atoms with Crippen molar-refractivity contribution < 1.29 is 38.4 Å². The molecule has 1 N–H and O–H groups in total. The Kier molecular flexibility index (Phi) is 2.83. The predicted molar refractivity (Wildman–Crippen MR) is 108 cm³/mol. The monoisotopic (exact) mass is 454 g/mol. The van der Waals surface area contributed by atoms with Crippen LogP contribution in [0.2, 0.25) is 0 Å². The molecule has 172 valence electrons. The number of amides is 2. The van der Waals surface area contributed by atoms with Crippen LogP contribution in [0.4, 0.5) is 10.5 Å². The number of ether oxygens (including phenoxy) is 4. The van der Waals surface area contributed by atoms with Gasteiger partial charge in [-0.15, -0.1) is 0 Å². The van der Waals surface area contributed by atoms with Crippen molar-refractivity contribution in [3.05, 3.63) is 17.7 Å². The number of esters is 1. The summed E-state index contributed by atoms with van der Waals surface area (Å²) in [7, 11) is 1.27. The molecule has 2 unspecified atom stereocenters. The van der Waals surface area contributed by atoms with Crippen LogP contribution >= 0.6 is 0 Å². The lowest BCUT2D eigenvalue weighted by atomic mass is 9.36. The average Bonchev–Trinajstić information content (AvgIpc) is 3.46. The van der Waals surface area contributed by atoms with E-state index in [-0.39, 0.29) is 25.2 Å². The van der Waals surface area contributed by atoms with E-state index >= 15 is 0 Å². The SMILES string of the molecule is COC(=O)N1c2c(ccc3c2OCO3)[C@]23[C@H]4OC(=O)[C@]5(O)CC6(CCCN(C4=O)[C@@H]62)CCC135. The Balaban J connectivity index is 1.57. The van der Waals surface area contributed by atoms with E-state index in [0.717, 1.165) is 12.8 Å². The van der Waals surface area contributed by atoms with E-state index in [4.69, 9.17) is 18.9 Å². The molecule has 3 spiro atoms. The van der Waals surface area contributed by atoms with Crippen molar-refractivity contribution in [3.8, 4) is 11.5 Å². The normalized spacial score (nSPS) is 44.5. The Morgan fingerprint density at radius 2 is 2.06 bits per heavy atom. The third-order valence-electron chi connectivity index (χ3n) is 9.76. The third kappa shape index (κ3) is 1.47. The first-order valence-corrected chi connectivity index (χ1v) is 11.4. The molecule has 10 nitrogen and oxygen atoms in total. The summed E-state index contributed by atoms with van der Waals surface area (Å²) in [6.45, 7) is 0.552. The summed E-state index contributed by atoms with van der Waals surface area (Å²) in [5.74, 6) is -0.248. The molecule has 5 heterocycles. The van der Waals surface area contributed by atoms with Crippen LogP contribution in [-0.2, 0) is 24.5 Å². The number of carbonyl (C=O) groups excluding carboxylic acids is 3. The fourth-order valence-corrected chi connectivity index (χ4v) is 9.10. The van der Waals surface area contributed by atoms with Gasteiger partial charge in [0, 0.05) is 6.54 Å². The third-order valence-corrected chi connectivity index (χ3v) is 9.76. The highest BCUT2D eigenvalue weighted by Crippen LogP contribution is 2.79. The van der Waals surface area contributed by atoms with Crippen LogP contribution in [0.3, 0.4) is 0 Å². The van der Waals surface area contributed by atoms with Crippen LogP contribution in [0.1, 0.15) is 37.7 Å². The molecule has 4 bridgehead atoms. The van der Waals surface area contributed by atoms with Gasteiger partial charge in [-0.1, -0.05) is 6.07 Å². The van der Waals surface area contributed by atoms with Gasteiger partial charge in [-0.25, -0.2) is 9.59 Å². The van der Waals surface area contributed by atoms with Gasteiger partial charge in [0.1, 0.15) is 5.54 Å². The van der Waals surface area contributed by atoms with Crippen LogP contribution in [-0.4, -0.2) is 71.7 Å². The highest BCUT2D eigenvalue weighted by Gasteiger charge is 2.93. The predicted octanol–water partition coefficient (Wildman–Crippen LogP) is 0.823. The van der Waals surface area contributed by atoms with E-state index in [9.17, 15) is 19.5 Å². The molecule has 1 aromatic carbocycles. The molecule has 2 amide bonds. The number of hydrogen-bond donors (Lipinski definition) is 1. The quantitative estimate of drug-likeness (QED) is 0.573. The van der Waals surface area contributed by atoms with Crippen molar-refractivity contribution in [1.29, 1.82) is 0 Å². The van der Waals surface area contributed by atoms with Gasteiger partial charge in [0.2, 0.25) is 6.79 Å². The Hall–Kier alpha value is -3.01. The number of benzene rings is 1. The van der Waals surface area contributed by atoms with Crippen LogP contribution in [0.25, 0.3) is 0 Å². The number of nitrogens with zero attached hydrogens (tertiary/aromatic N) is 2. The lowest BCUT2D eigenvalue weighted by Gasteiger charge is -2.73. The average molecular weight is 454 g/mol. The fraction of sp³-hybridized carbons (Fsp3) is 0.609. The minimum Gasteiger partial charge on any atom is -0.454 e. The van der Waals surface area contributed by atoms with Crippen LogP contribution in [0.15, 0.2) is 12.1 Å². The van der Waals surface area contributed by atoms with Gasteiger partial charge in [0.25, 0.3) is 5.91 Å². The van der Waals surface area contributed by atoms with Crippen LogP contribution in [0.5, 0.6) is 11.5 Å². The molecule has 0 radical (unpaired) electrons. The van der Waals surface area contributed by atoms with Gasteiger partial charge in [-0.05, 0) is 49.1 Å². The Morgan fingerprint density at radius 1 is 1.21 bits per heavy atom. The number of piperidine rings is 1. The molecule has 6 fully saturated rings. The molecule has 33 heavy (non-hydrogen) atoms. The van der Waals surface area contributed by atoms with Gasteiger partial charge >= 0.3 is 12.1 Å². The van der Waals surface area contributed by atoms with Crippen molar-refractivity contribution in [2.45, 2.75) is 60.8 Å². The molecule has 10 heteroatoms. The minimum absolute atomic E-state index is 0.0116. The maximum Gasteiger partial charge on any atom is 0.414 e. The van der Waals surface area contributed by atoms with Crippen LogP contribution < -0.4 is 14.4 Å². The number of carbonyl (C=O) groups is 3. The van der Waals surface area contributed by atoms with E-state index in [1.54, 1.807) is 6.07 Å². The number of hydrogen-bond acceptors (Lipinski definition) is 8. The first-order valence-electron chi connectivity index (χ1n) is 11.4. The maximum atomic E-state index is 13.8. The topological polar surface area (TPSA) is 115 Å². The molecule has 3 saturated heterocycles. The molecule has 6 atom stereocenters. The highest BCUT2D eigenvalue weighted by atomic mass is 16.7. The van der Waals surface area contributed by atoms with Crippen molar-refractivity contribution >= 4 is 23.7 Å². The zero-order valence-corrected chi connectivity index (χ0v) is 18.0. The molecule has 8 aliphatic rings. The minimum atomic E-state index is -1.98. The standard InChI is InChI=1S/C23H22N2O8/c1-30-19(28)25-13-11(3-4-12-14(13)32-10-31-12)23-15-16(26)24-8-2-5-20(17(23)24)6-7-22(23,25)21(29,9-20)18(27)33-15/h3-4,15,17,29H,2,5-10H2,1H3/t15-,17-,20?,21+,22?,23-/m0/s1. The first-order chi connectivity index (χ1) is 15.9. The number of fused-ring (bicyclic) bond motifs is 4. The van der Waals surface area contributed by atoms with E-state index in [1.807, 2.05) is 11.0 Å². The molecule has 5 aliphatic heterocycles. The van der Waals surface area contributed by atoms with Gasteiger partial charge in [0.15, 0.2) is 23.2 Å². The number of aliphatic hydroxyl groups is 1. The van der Waals surface area contributed by atoms with E-state index < -0.39 is 40.1 Å². The summed E-state index contributed by atoms with van der Waals surface area (Å²) in [4.78, 5) is 44.1. The maximum absolute atomic E-state index is 13.8. The molecule has 0 aromatic heterocycles. The fourth-order valence-electron chi connectivity index (χ4n) is 9.10. The second-order valence-electron chi connectivity index (χ2n) is 10.5. The Morgan fingerprint density at radius 3 is 2.88 bits per heavy atom. The zero-order chi connectivity index (χ0) is 22.5. The summed E-state index contributed by atoms with van der Waals surface area (Å²) in [6.07, 6.45) is 0.958. The van der Waals surface area contributed by atoms with E-state index in [1.165, 1.54) is 12.0 Å². The second-order valence-corrected chi connectivity index (χ2v) is 10.5. The van der Waals surface area contributed by atoms with Crippen molar-refractivity contribution in [2.75, 3.05) is 25.3 Å². The smallest absolute Gasteiger partial charge is 0.414 e. The molecular weight excluding hydrogens is 432 g/mol. The number of anilines is 1.